The maximum absolute atomic E-state index is 5.81. The van der Waals surface area contributed by atoms with Crippen LogP contribution in [0.25, 0.3) is 0 Å². The summed E-state index contributed by atoms with van der Waals surface area (Å²) in [6.07, 6.45) is 0.776. The van der Waals surface area contributed by atoms with E-state index in [-0.39, 0.29) is 6.04 Å². The Morgan fingerprint density at radius 3 is 2.32 bits per heavy atom. The highest BCUT2D eigenvalue weighted by atomic mass is 35.5. The van der Waals surface area contributed by atoms with Gasteiger partial charge in [-0.15, -0.1) is 0 Å². The van der Waals surface area contributed by atoms with Gasteiger partial charge in [0.05, 0.1) is 6.04 Å². The maximum Gasteiger partial charge on any atom is 0.193 e. The number of benzene rings is 1. The Morgan fingerprint density at radius 1 is 1.21 bits per heavy atom. The van der Waals surface area contributed by atoms with Crippen molar-refractivity contribution in [1.82, 2.24) is 5.43 Å². The molecule has 3 N–H and O–H groups in total. The minimum absolute atomic E-state index is 0.0763. The Hall–Kier alpha value is -1.29. The SMILES string of the molecule is Cc1cc(C)c(CC(NN)c2ccc(Cl)o2)c(C)c1. The van der Waals surface area contributed by atoms with Crippen molar-refractivity contribution < 1.29 is 4.42 Å². The van der Waals surface area contributed by atoms with E-state index in [2.05, 4.69) is 38.3 Å². The van der Waals surface area contributed by atoms with Crippen LogP contribution in [0.4, 0.5) is 0 Å². The van der Waals surface area contributed by atoms with Gasteiger partial charge >= 0.3 is 0 Å². The zero-order chi connectivity index (χ0) is 14.0. The lowest BCUT2D eigenvalue weighted by molar-refractivity contribution is 0.416. The lowest BCUT2D eigenvalue weighted by Gasteiger charge is -2.17. The Morgan fingerprint density at radius 2 is 1.84 bits per heavy atom. The highest BCUT2D eigenvalue weighted by molar-refractivity contribution is 6.28. The summed E-state index contributed by atoms with van der Waals surface area (Å²) >= 11 is 5.81. The van der Waals surface area contributed by atoms with E-state index >= 15 is 0 Å². The molecule has 1 heterocycles. The highest BCUT2D eigenvalue weighted by Gasteiger charge is 2.17. The number of hydrazine groups is 1. The summed E-state index contributed by atoms with van der Waals surface area (Å²) < 4.78 is 5.44. The fourth-order valence-corrected chi connectivity index (χ4v) is 2.65. The van der Waals surface area contributed by atoms with Crippen molar-refractivity contribution in [2.45, 2.75) is 33.2 Å². The van der Waals surface area contributed by atoms with Crippen LogP contribution < -0.4 is 11.3 Å². The Bertz CT molecular complexity index is 554. The summed E-state index contributed by atoms with van der Waals surface area (Å²) in [5.74, 6) is 6.40. The number of furan rings is 1. The van der Waals surface area contributed by atoms with Crippen molar-refractivity contribution in [3.05, 3.63) is 57.5 Å². The monoisotopic (exact) mass is 278 g/mol. The first-order valence-electron chi connectivity index (χ1n) is 6.29. The number of hydrogen-bond acceptors (Lipinski definition) is 3. The second-order valence-corrected chi connectivity index (χ2v) is 5.32. The van der Waals surface area contributed by atoms with E-state index in [1.165, 1.54) is 22.3 Å². The molecular weight excluding hydrogens is 260 g/mol. The molecule has 0 amide bonds. The maximum atomic E-state index is 5.81. The van der Waals surface area contributed by atoms with Crippen molar-refractivity contribution in [1.29, 1.82) is 0 Å². The summed E-state index contributed by atoms with van der Waals surface area (Å²) in [4.78, 5) is 0. The molecule has 0 aliphatic rings. The number of halogens is 1. The quantitative estimate of drug-likeness (QED) is 0.664. The predicted octanol–water partition coefficient (Wildman–Crippen LogP) is 3.61. The molecule has 0 saturated carbocycles. The zero-order valence-electron chi connectivity index (χ0n) is 11.5. The summed E-state index contributed by atoms with van der Waals surface area (Å²) in [5.41, 5.74) is 7.91. The van der Waals surface area contributed by atoms with Gasteiger partial charge in [-0.1, -0.05) is 17.7 Å². The van der Waals surface area contributed by atoms with Gasteiger partial charge in [-0.2, -0.15) is 0 Å². The third-order valence-electron chi connectivity index (χ3n) is 3.39. The molecule has 19 heavy (non-hydrogen) atoms. The van der Waals surface area contributed by atoms with Gasteiger partial charge in [-0.3, -0.25) is 5.84 Å². The van der Waals surface area contributed by atoms with Gasteiger partial charge in [0.2, 0.25) is 0 Å². The van der Waals surface area contributed by atoms with Crippen LogP contribution in [0.1, 0.15) is 34.1 Å². The number of rotatable bonds is 4. The minimum Gasteiger partial charge on any atom is -0.448 e. The van der Waals surface area contributed by atoms with Gasteiger partial charge in [0, 0.05) is 0 Å². The van der Waals surface area contributed by atoms with E-state index in [0.29, 0.717) is 5.22 Å². The van der Waals surface area contributed by atoms with Gasteiger partial charge in [0.15, 0.2) is 5.22 Å². The molecule has 2 rings (SSSR count). The molecule has 3 nitrogen and oxygen atoms in total. The third kappa shape index (κ3) is 3.18. The molecule has 1 aromatic heterocycles. The molecule has 1 unspecified atom stereocenters. The van der Waals surface area contributed by atoms with Crippen molar-refractivity contribution in [2.75, 3.05) is 0 Å². The number of nitrogens with one attached hydrogen (secondary N) is 1. The van der Waals surface area contributed by atoms with Gasteiger partial charge in [0.25, 0.3) is 0 Å². The topological polar surface area (TPSA) is 51.2 Å². The van der Waals surface area contributed by atoms with E-state index in [1.807, 2.05) is 6.07 Å². The van der Waals surface area contributed by atoms with Crippen LogP contribution in [0.5, 0.6) is 0 Å². The molecule has 0 bridgehead atoms. The van der Waals surface area contributed by atoms with Gasteiger partial charge in [0.1, 0.15) is 5.76 Å². The van der Waals surface area contributed by atoms with E-state index in [0.717, 1.165) is 12.2 Å². The Kier molecular flexibility index (Phi) is 4.30. The molecule has 102 valence electrons. The molecule has 0 spiro atoms. The first-order valence-corrected chi connectivity index (χ1v) is 6.67. The van der Waals surface area contributed by atoms with Crippen LogP contribution in [0.3, 0.4) is 0 Å². The second kappa shape index (κ2) is 5.78. The fraction of sp³-hybridized carbons (Fsp3) is 0.333. The molecule has 0 radical (unpaired) electrons. The van der Waals surface area contributed by atoms with Crippen LogP contribution >= 0.6 is 11.6 Å². The van der Waals surface area contributed by atoms with Crippen molar-refractivity contribution in [3.8, 4) is 0 Å². The standard InChI is InChI=1S/C15H19ClN2O/c1-9-6-10(2)12(11(3)7-9)8-13(18-17)14-4-5-15(16)19-14/h4-7,13,18H,8,17H2,1-3H3. The third-order valence-corrected chi connectivity index (χ3v) is 3.59. The molecule has 0 saturated heterocycles. The molecule has 1 aromatic carbocycles. The first kappa shape index (κ1) is 14.1. The molecule has 0 fully saturated rings. The molecule has 0 aliphatic carbocycles. The predicted molar refractivity (Wildman–Crippen MR) is 78.1 cm³/mol. The van der Waals surface area contributed by atoms with Crippen molar-refractivity contribution in [2.24, 2.45) is 5.84 Å². The molecule has 1 atom stereocenters. The van der Waals surface area contributed by atoms with Gasteiger partial charge in [-0.05, 0) is 67.6 Å². The molecule has 2 aromatic rings. The zero-order valence-corrected chi connectivity index (χ0v) is 12.2. The lowest BCUT2D eigenvalue weighted by Crippen LogP contribution is -2.29. The van der Waals surface area contributed by atoms with Gasteiger partial charge < -0.3 is 4.42 Å². The van der Waals surface area contributed by atoms with Crippen LogP contribution in [0, 0.1) is 20.8 Å². The van der Waals surface area contributed by atoms with Crippen molar-refractivity contribution in [3.63, 3.8) is 0 Å². The van der Waals surface area contributed by atoms with E-state index in [1.54, 1.807) is 6.07 Å². The van der Waals surface area contributed by atoms with Crippen LogP contribution in [0.2, 0.25) is 5.22 Å². The number of nitrogens with two attached hydrogens (primary N) is 1. The largest absolute Gasteiger partial charge is 0.448 e. The minimum atomic E-state index is -0.0763. The smallest absolute Gasteiger partial charge is 0.193 e. The summed E-state index contributed by atoms with van der Waals surface area (Å²) in [5, 5.41) is 0.382. The molecular formula is C15H19ClN2O. The lowest BCUT2D eigenvalue weighted by atomic mass is 9.94. The fourth-order valence-electron chi connectivity index (χ4n) is 2.49. The normalized spacial score (nSPS) is 12.7. The second-order valence-electron chi connectivity index (χ2n) is 4.94. The molecule has 4 heteroatoms. The average Bonchev–Trinajstić information content (AvgIpc) is 2.75. The summed E-state index contributed by atoms with van der Waals surface area (Å²) in [6.45, 7) is 6.35. The number of aryl methyl sites for hydroxylation is 3. The van der Waals surface area contributed by atoms with Gasteiger partial charge in [-0.25, -0.2) is 5.43 Å². The van der Waals surface area contributed by atoms with E-state index < -0.39 is 0 Å². The summed E-state index contributed by atoms with van der Waals surface area (Å²) in [7, 11) is 0. The number of hydrogen-bond donors (Lipinski definition) is 2. The van der Waals surface area contributed by atoms with Crippen LogP contribution in [0.15, 0.2) is 28.7 Å². The average molecular weight is 279 g/mol. The Balaban J connectivity index is 2.28. The molecule has 0 aliphatic heterocycles. The van der Waals surface area contributed by atoms with Crippen LogP contribution in [-0.4, -0.2) is 0 Å². The van der Waals surface area contributed by atoms with Crippen LogP contribution in [-0.2, 0) is 6.42 Å². The highest BCUT2D eigenvalue weighted by Crippen LogP contribution is 2.26. The van der Waals surface area contributed by atoms with E-state index in [4.69, 9.17) is 21.9 Å². The van der Waals surface area contributed by atoms with Crippen molar-refractivity contribution >= 4 is 11.6 Å². The summed E-state index contributed by atoms with van der Waals surface area (Å²) in [6, 6.07) is 7.88. The van der Waals surface area contributed by atoms with E-state index in [9.17, 15) is 0 Å². The first-order chi connectivity index (χ1) is 9.01. The Labute approximate surface area is 118 Å².